The van der Waals surface area contributed by atoms with Crippen molar-refractivity contribution in [2.24, 2.45) is 5.73 Å². The van der Waals surface area contributed by atoms with Gasteiger partial charge in [0.15, 0.2) is 11.6 Å². The number of methoxy groups -OCH3 is 1. The van der Waals surface area contributed by atoms with E-state index < -0.39 is 0 Å². The number of hydrogen-bond donors (Lipinski definition) is 1. The lowest BCUT2D eigenvalue weighted by Gasteiger charge is -2.06. The zero-order valence-corrected chi connectivity index (χ0v) is 10.3. The minimum absolute atomic E-state index is 0. The topological polar surface area (TPSA) is 91.7 Å². The largest absolute Gasteiger partial charge is 0.480 e. The van der Waals surface area contributed by atoms with Gasteiger partial charge in [0.1, 0.15) is 6.33 Å². The minimum atomic E-state index is -0.216. The van der Waals surface area contributed by atoms with Crippen LogP contribution in [-0.2, 0) is 0 Å². The first kappa shape index (κ1) is 13.3. The van der Waals surface area contributed by atoms with Crippen LogP contribution in [0.2, 0.25) is 0 Å². The normalized spacial score (nSPS) is 11.7. The van der Waals surface area contributed by atoms with Crippen molar-refractivity contribution in [2.45, 2.75) is 13.0 Å². The van der Waals surface area contributed by atoms with Crippen molar-refractivity contribution in [3.8, 4) is 11.7 Å². The molecule has 2 aromatic rings. The van der Waals surface area contributed by atoms with Crippen LogP contribution in [0.3, 0.4) is 0 Å². The second-order valence-electron chi connectivity index (χ2n) is 3.25. The van der Waals surface area contributed by atoms with Crippen molar-refractivity contribution >= 4 is 12.4 Å². The van der Waals surface area contributed by atoms with Crippen molar-refractivity contribution < 1.29 is 4.74 Å². The van der Waals surface area contributed by atoms with Crippen LogP contribution in [0.25, 0.3) is 5.82 Å². The third-order valence-corrected chi connectivity index (χ3v) is 2.03. The summed E-state index contributed by atoms with van der Waals surface area (Å²) < 4.78 is 6.47. The first-order chi connectivity index (χ1) is 7.72. The second kappa shape index (κ2) is 5.55. The van der Waals surface area contributed by atoms with Crippen molar-refractivity contribution in [1.82, 2.24) is 25.0 Å². The Morgan fingerprint density at radius 1 is 1.35 bits per heavy atom. The first-order valence-electron chi connectivity index (χ1n) is 4.76. The van der Waals surface area contributed by atoms with E-state index in [2.05, 4.69) is 20.3 Å². The van der Waals surface area contributed by atoms with Crippen molar-refractivity contribution in [1.29, 1.82) is 0 Å². The van der Waals surface area contributed by atoms with Crippen molar-refractivity contribution in [3.63, 3.8) is 0 Å². The Balaban J connectivity index is 0.00000144. The van der Waals surface area contributed by atoms with Crippen molar-refractivity contribution in [3.05, 3.63) is 24.3 Å². The van der Waals surface area contributed by atoms with Crippen LogP contribution in [0, 0.1) is 0 Å². The van der Waals surface area contributed by atoms with Gasteiger partial charge in [0, 0.05) is 6.07 Å². The van der Waals surface area contributed by atoms with Gasteiger partial charge in [0.05, 0.1) is 13.2 Å². The van der Waals surface area contributed by atoms with E-state index in [0.717, 1.165) is 0 Å². The Morgan fingerprint density at radius 2 is 2.12 bits per heavy atom. The SMILES string of the molecule is COc1ccc(-n2ncnc2[C@H](C)N)nn1.Cl. The number of rotatable bonds is 3. The van der Waals surface area contributed by atoms with Crippen LogP contribution in [0.1, 0.15) is 18.8 Å². The summed E-state index contributed by atoms with van der Waals surface area (Å²) in [6.45, 7) is 1.83. The third-order valence-electron chi connectivity index (χ3n) is 2.03. The molecule has 0 saturated heterocycles. The molecule has 0 unspecified atom stereocenters. The molecule has 0 spiro atoms. The lowest BCUT2D eigenvalue weighted by molar-refractivity contribution is 0.391. The van der Waals surface area contributed by atoms with Crippen molar-refractivity contribution in [2.75, 3.05) is 7.11 Å². The van der Waals surface area contributed by atoms with Gasteiger partial charge in [-0.15, -0.1) is 22.6 Å². The molecular weight excluding hydrogens is 244 g/mol. The minimum Gasteiger partial charge on any atom is -0.480 e. The second-order valence-corrected chi connectivity index (χ2v) is 3.25. The summed E-state index contributed by atoms with van der Waals surface area (Å²) in [5, 5.41) is 11.9. The third kappa shape index (κ3) is 2.69. The lowest BCUT2D eigenvalue weighted by atomic mass is 10.3. The van der Waals surface area contributed by atoms with Crippen LogP contribution in [0.4, 0.5) is 0 Å². The molecule has 0 aliphatic carbocycles. The Bertz CT molecular complexity index is 469. The van der Waals surface area contributed by atoms with Gasteiger partial charge in [-0.25, -0.2) is 4.98 Å². The molecule has 17 heavy (non-hydrogen) atoms. The van der Waals surface area contributed by atoms with Gasteiger partial charge in [-0.1, -0.05) is 0 Å². The molecule has 92 valence electrons. The summed E-state index contributed by atoms with van der Waals surface area (Å²) in [6, 6.07) is 3.23. The molecule has 0 fully saturated rings. The van der Waals surface area contributed by atoms with E-state index >= 15 is 0 Å². The summed E-state index contributed by atoms with van der Waals surface area (Å²) >= 11 is 0. The molecule has 2 N–H and O–H groups in total. The molecule has 7 nitrogen and oxygen atoms in total. The number of nitrogens with zero attached hydrogens (tertiary/aromatic N) is 5. The Labute approximate surface area is 104 Å². The number of halogens is 1. The number of ether oxygens (including phenoxy) is 1. The molecule has 0 aliphatic heterocycles. The van der Waals surface area contributed by atoms with E-state index in [4.69, 9.17) is 10.5 Å². The standard InChI is InChI=1S/C9H12N6O.ClH/c1-6(10)9-11-5-12-15(9)7-3-4-8(16-2)14-13-7;/h3-6H,10H2,1-2H3;1H/t6-;/m0./s1. The van der Waals surface area contributed by atoms with Gasteiger partial charge >= 0.3 is 0 Å². The maximum absolute atomic E-state index is 5.76. The van der Waals surface area contributed by atoms with E-state index in [0.29, 0.717) is 17.5 Å². The summed E-state index contributed by atoms with van der Waals surface area (Å²) in [5.41, 5.74) is 5.76. The van der Waals surface area contributed by atoms with Gasteiger partial charge in [-0.2, -0.15) is 9.78 Å². The van der Waals surface area contributed by atoms with Gasteiger partial charge in [-0.05, 0) is 13.0 Å². The predicted octanol–water partition coefficient (Wildman–Crippen LogP) is 0.507. The molecule has 8 heteroatoms. The number of aromatic nitrogens is 5. The maximum Gasteiger partial charge on any atom is 0.233 e. The lowest BCUT2D eigenvalue weighted by Crippen LogP contribution is -2.14. The van der Waals surface area contributed by atoms with Gasteiger partial charge in [-0.3, -0.25) is 0 Å². The summed E-state index contributed by atoms with van der Waals surface area (Å²) in [7, 11) is 1.53. The summed E-state index contributed by atoms with van der Waals surface area (Å²) in [5.74, 6) is 1.65. The fraction of sp³-hybridized carbons (Fsp3) is 0.333. The molecule has 1 atom stereocenters. The predicted molar refractivity (Wildman–Crippen MR) is 63.4 cm³/mol. The van der Waals surface area contributed by atoms with E-state index in [1.54, 1.807) is 16.8 Å². The van der Waals surface area contributed by atoms with E-state index in [1.165, 1.54) is 13.4 Å². The Hall–Kier alpha value is -1.73. The van der Waals surface area contributed by atoms with Gasteiger partial charge in [0.25, 0.3) is 0 Å². The van der Waals surface area contributed by atoms with Crippen LogP contribution < -0.4 is 10.5 Å². The van der Waals surface area contributed by atoms with Crippen LogP contribution in [0.5, 0.6) is 5.88 Å². The fourth-order valence-corrected chi connectivity index (χ4v) is 1.27. The molecule has 0 radical (unpaired) electrons. The highest BCUT2D eigenvalue weighted by Gasteiger charge is 2.11. The quantitative estimate of drug-likeness (QED) is 0.860. The Kier molecular flexibility index (Phi) is 4.36. The number of nitrogens with two attached hydrogens (primary N) is 1. The molecular formula is C9H13ClN6O. The molecule has 0 saturated carbocycles. The average Bonchev–Trinajstić information content (AvgIpc) is 2.78. The highest BCUT2D eigenvalue weighted by atomic mass is 35.5. The van der Waals surface area contributed by atoms with Crippen LogP contribution in [0.15, 0.2) is 18.5 Å². The molecule has 2 aromatic heterocycles. The molecule has 0 aromatic carbocycles. The smallest absolute Gasteiger partial charge is 0.233 e. The van der Waals surface area contributed by atoms with Crippen LogP contribution >= 0.6 is 12.4 Å². The van der Waals surface area contributed by atoms with E-state index in [-0.39, 0.29) is 18.4 Å². The molecule has 0 bridgehead atoms. The van der Waals surface area contributed by atoms with Gasteiger partial charge in [0.2, 0.25) is 5.88 Å². The monoisotopic (exact) mass is 256 g/mol. The molecule has 0 amide bonds. The van der Waals surface area contributed by atoms with Crippen LogP contribution in [-0.4, -0.2) is 32.1 Å². The maximum atomic E-state index is 5.76. The molecule has 2 heterocycles. The zero-order chi connectivity index (χ0) is 11.5. The van der Waals surface area contributed by atoms with Gasteiger partial charge < -0.3 is 10.5 Å². The first-order valence-corrected chi connectivity index (χ1v) is 4.76. The molecule has 0 aliphatic rings. The summed E-state index contributed by atoms with van der Waals surface area (Å²) in [4.78, 5) is 4.06. The van der Waals surface area contributed by atoms with E-state index in [9.17, 15) is 0 Å². The highest BCUT2D eigenvalue weighted by molar-refractivity contribution is 5.85. The Morgan fingerprint density at radius 3 is 2.65 bits per heavy atom. The van der Waals surface area contributed by atoms with E-state index in [1.807, 2.05) is 6.92 Å². The zero-order valence-electron chi connectivity index (χ0n) is 9.44. The number of hydrogen-bond acceptors (Lipinski definition) is 6. The summed E-state index contributed by atoms with van der Waals surface area (Å²) in [6.07, 6.45) is 1.44. The molecule has 2 rings (SSSR count). The fourth-order valence-electron chi connectivity index (χ4n) is 1.27. The highest BCUT2D eigenvalue weighted by Crippen LogP contribution is 2.11. The average molecular weight is 257 g/mol.